The highest BCUT2D eigenvalue weighted by Crippen LogP contribution is 2.19. The lowest BCUT2D eigenvalue weighted by Gasteiger charge is -2.26. The maximum atomic E-state index is 13.6. The third-order valence-electron chi connectivity index (χ3n) is 7.09. The van der Waals surface area contributed by atoms with Gasteiger partial charge in [0.15, 0.2) is 5.96 Å². The molecule has 0 aliphatic heterocycles. The molecular weight excluding hydrogens is 584 g/mol. The van der Waals surface area contributed by atoms with Crippen molar-refractivity contribution in [2.24, 2.45) is 22.2 Å². The standard InChI is InChI=1S/C30H40N8O7/c1-16(39)25(28(43)37-24(29(44)45)13-17-8-10-19(40)11-9-17)38-27(42)23(14-18-15-35-22-7-3-2-5-20(18)22)36-26(41)21(31)6-4-12-34-30(32)33/h2-3,5,7-11,15-16,21,23-25,35,39-40H,4,6,12-14,31H2,1H3,(H,36,41)(H,37,43)(H,38,42)(H,44,45)(H4,32,33,34). The fraction of sp³-hybridized carbons (Fsp3) is 0.367. The zero-order valence-electron chi connectivity index (χ0n) is 24.8. The van der Waals surface area contributed by atoms with Gasteiger partial charge in [-0.1, -0.05) is 30.3 Å². The number of para-hydroxylation sites is 1. The van der Waals surface area contributed by atoms with Crippen LogP contribution in [-0.2, 0) is 32.0 Å². The van der Waals surface area contributed by atoms with Crippen molar-refractivity contribution in [3.63, 3.8) is 0 Å². The molecule has 5 unspecified atom stereocenters. The number of carbonyl (C=O) groups is 4. The molecule has 3 aromatic rings. The smallest absolute Gasteiger partial charge is 0.326 e. The normalized spacial score (nSPS) is 14.4. The quantitative estimate of drug-likeness (QED) is 0.0525. The number of aromatic nitrogens is 1. The molecule has 242 valence electrons. The summed E-state index contributed by atoms with van der Waals surface area (Å²) in [6, 6.07) is 7.96. The number of fused-ring (bicyclic) bond motifs is 1. The second kappa shape index (κ2) is 16.1. The van der Waals surface area contributed by atoms with Crippen molar-refractivity contribution in [3.05, 3.63) is 65.9 Å². The van der Waals surface area contributed by atoms with Crippen LogP contribution in [-0.4, -0.2) is 86.8 Å². The summed E-state index contributed by atoms with van der Waals surface area (Å²) in [6.45, 7) is 1.53. The number of benzene rings is 2. The van der Waals surface area contributed by atoms with Crippen LogP contribution in [0.3, 0.4) is 0 Å². The van der Waals surface area contributed by atoms with Crippen molar-refractivity contribution in [1.82, 2.24) is 20.9 Å². The number of phenols is 1. The zero-order chi connectivity index (χ0) is 33.1. The van der Waals surface area contributed by atoms with Crippen LogP contribution in [0.1, 0.15) is 30.9 Å². The van der Waals surface area contributed by atoms with E-state index in [-0.39, 0.29) is 37.5 Å². The Bertz CT molecular complexity index is 1500. The molecule has 45 heavy (non-hydrogen) atoms. The first-order valence-corrected chi connectivity index (χ1v) is 14.3. The van der Waals surface area contributed by atoms with Gasteiger partial charge in [0, 0.05) is 36.5 Å². The molecule has 13 N–H and O–H groups in total. The number of nitrogens with one attached hydrogen (secondary N) is 4. The van der Waals surface area contributed by atoms with Crippen LogP contribution in [0, 0.1) is 0 Å². The molecule has 0 radical (unpaired) electrons. The van der Waals surface area contributed by atoms with E-state index in [1.165, 1.54) is 31.2 Å². The molecular formula is C30H40N8O7. The highest BCUT2D eigenvalue weighted by molar-refractivity contribution is 5.95. The van der Waals surface area contributed by atoms with Crippen LogP contribution in [0.15, 0.2) is 59.7 Å². The first kappa shape index (κ1) is 34.3. The zero-order valence-corrected chi connectivity index (χ0v) is 24.8. The van der Waals surface area contributed by atoms with Crippen LogP contribution in [0.2, 0.25) is 0 Å². The Morgan fingerprint density at radius 1 is 0.911 bits per heavy atom. The lowest BCUT2D eigenvalue weighted by molar-refractivity contribution is -0.143. The second-order valence-corrected chi connectivity index (χ2v) is 10.7. The van der Waals surface area contributed by atoms with Gasteiger partial charge < -0.3 is 53.5 Å². The number of aliphatic carboxylic acids is 1. The number of carbonyl (C=O) groups excluding carboxylic acids is 3. The van der Waals surface area contributed by atoms with Crippen molar-refractivity contribution in [3.8, 4) is 5.75 Å². The summed E-state index contributed by atoms with van der Waals surface area (Å²) in [5.41, 5.74) is 18.7. The minimum Gasteiger partial charge on any atom is -0.508 e. The summed E-state index contributed by atoms with van der Waals surface area (Å²) in [7, 11) is 0. The number of H-pyrrole nitrogens is 1. The number of guanidine groups is 1. The molecule has 0 aliphatic rings. The average molecular weight is 625 g/mol. The molecule has 0 spiro atoms. The van der Waals surface area contributed by atoms with Crippen molar-refractivity contribution in [2.75, 3.05) is 6.54 Å². The molecule has 2 aromatic carbocycles. The van der Waals surface area contributed by atoms with E-state index in [4.69, 9.17) is 17.2 Å². The van der Waals surface area contributed by atoms with Gasteiger partial charge in [0.1, 0.15) is 23.9 Å². The summed E-state index contributed by atoms with van der Waals surface area (Å²) in [5, 5.41) is 37.9. The Hall–Kier alpha value is -5.15. The highest BCUT2D eigenvalue weighted by Gasteiger charge is 2.33. The molecule has 15 nitrogen and oxygen atoms in total. The summed E-state index contributed by atoms with van der Waals surface area (Å²) < 4.78 is 0. The Kier molecular flexibility index (Phi) is 12.3. The van der Waals surface area contributed by atoms with Crippen molar-refractivity contribution in [2.45, 2.75) is 62.9 Å². The number of aliphatic imine (C=N–C) groups is 1. The topological polar surface area (TPSA) is 271 Å². The van der Waals surface area contributed by atoms with Crippen LogP contribution in [0.4, 0.5) is 0 Å². The first-order chi connectivity index (χ1) is 21.3. The largest absolute Gasteiger partial charge is 0.508 e. The number of nitrogens with zero attached hydrogens (tertiary/aromatic N) is 1. The van der Waals surface area contributed by atoms with Crippen LogP contribution < -0.4 is 33.2 Å². The predicted octanol–water partition coefficient (Wildman–Crippen LogP) is -1.04. The molecule has 0 fully saturated rings. The number of aromatic amines is 1. The minimum absolute atomic E-state index is 0.00674. The Morgan fingerprint density at radius 3 is 2.22 bits per heavy atom. The number of carboxylic acid groups (broad SMARTS) is 1. The van der Waals surface area contributed by atoms with Gasteiger partial charge in [0.25, 0.3) is 0 Å². The fourth-order valence-corrected chi connectivity index (χ4v) is 4.65. The van der Waals surface area contributed by atoms with E-state index >= 15 is 0 Å². The molecule has 0 saturated carbocycles. The molecule has 5 atom stereocenters. The fourth-order valence-electron chi connectivity index (χ4n) is 4.65. The number of nitrogens with two attached hydrogens (primary N) is 3. The van der Waals surface area contributed by atoms with Crippen molar-refractivity contribution < 1.29 is 34.5 Å². The lowest BCUT2D eigenvalue weighted by Crippen LogP contribution is -2.60. The van der Waals surface area contributed by atoms with E-state index in [2.05, 4.69) is 25.9 Å². The maximum absolute atomic E-state index is 13.6. The third kappa shape index (κ3) is 10.2. The number of phenolic OH excluding ortho intramolecular Hbond substituents is 1. The van der Waals surface area contributed by atoms with Gasteiger partial charge in [-0.3, -0.25) is 19.4 Å². The lowest BCUT2D eigenvalue weighted by atomic mass is 10.0. The number of aliphatic hydroxyl groups excluding tert-OH is 1. The minimum atomic E-state index is -1.56. The van der Waals surface area contributed by atoms with Crippen LogP contribution >= 0.6 is 0 Å². The molecule has 3 rings (SSSR count). The first-order valence-electron chi connectivity index (χ1n) is 14.3. The number of aromatic hydroxyl groups is 1. The van der Waals surface area contributed by atoms with Gasteiger partial charge >= 0.3 is 5.97 Å². The molecule has 1 heterocycles. The van der Waals surface area contributed by atoms with Gasteiger partial charge in [0.05, 0.1) is 12.1 Å². The Morgan fingerprint density at radius 2 is 1.58 bits per heavy atom. The molecule has 3 amide bonds. The van der Waals surface area contributed by atoms with Crippen LogP contribution in [0.25, 0.3) is 10.9 Å². The summed E-state index contributed by atoms with van der Waals surface area (Å²) >= 11 is 0. The van der Waals surface area contributed by atoms with Gasteiger partial charge in [0.2, 0.25) is 17.7 Å². The molecule has 0 bridgehead atoms. The summed E-state index contributed by atoms with van der Waals surface area (Å²) in [4.78, 5) is 58.7. The van der Waals surface area contributed by atoms with E-state index in [0.29, 0.717) is 17.5 Å². The van der Waals surface area contributed by atoms with E-state index < -0.39 is 54.0 Å². The van der Waals surface area contributed by atoms with Gasteiger partial charge in [-0.25, -0.2) is 4.79 Å². The molecule has 0 saturated heterocycles. The molecule has 1 aromatic heterocycles. The third-order valence-corrected chi connectivity index (χ3v) is 7.09. The highest BCUT2D eigenvalue weighted by atomic mass is 16.4. The van der Waals surface area contributed by atoms with E-state index in [0.717, 1.165) is 10.9 Å². The Balaban J connectivity index is 1.77. The number of amides is 3. The summed E-state index contributed by atoms with van der Waals surface area (Å²) in [6.07, 6.45) is 0.785. The second-order valence-electron chi connectivity index (χ2n) is 10.7. The van der Waals surface area contributed by atoms with Gasteiger partial charge in [-0.05, 0) is 49.1 Å². The van der Waals surface area contributed by atoms with Crippen LogP contribution in [0.5, 0.6) is 5.75 Å². The van der Waals surface area contributed by atoms with Crippen molar-refractivity contribution in [1.29, 1.82) is 0 Å². The van der Waals surface area contributed by atoms with Gasteiger partial charge in [-0.15, -0.1) is 0 Å². The number of carboxylic acids is 1. The van der Waals surface area contributed by atoms with Crippen molar-refractivity contribution >= 4 is 40.6 Å². The number of rotatable bonds is 16. The summed E-state index contributed by atoms with van der Waals surface area (Å²) in [5.74, 6) is -3.81. The molecule has 15 heteroatoms. The van der Waals surface area contributed by atoms with E-state index in [9.17, 15) is 34.5 Å². The number of hydrogen-bond donors (Lipinski definition) is 10. The molecule has 0 aliphatic carbocycles. The SMILES string of the molecule is CC(O)C(NC(=O)C(Cc1c[nH]c2ccccc12)NC(=O)C(N)CCCN=C(N)N)C(=O)NC(Cc1ccc(O)cc1)C(=O)O. The van der Waals surface area contributed by atoms with E-state index in [1.807, 2.05) is 24.3 Å². The number of aliphatic hydroxyl groups is 1. The average Bonchev–Trinajstić information content (AvgIpc) is 3.40. The maximum Gasteiger partial charge on any atom is 0.326 e. The van der Waals surface area contributed by atoms with Gasteiger partial charge in [-0.2, -0.15) is 0 Å². The predicted molar refractivity (Wildman–Crippen MR) is 167 cm³/mol. The monoisotopic (exact) mass is 624 g/mol. The van der Waals surface area contributed by atoms with E-state index in [1.54, 1.807) is 6.20 Å². The number of hydrogen-bond acceptors (Lipinski definition) is 8. The Labute approximate surface area is 259 Å².